The Morgan fingerprint density at radius 2 is 2.40 bits per heavy atom. The van der Waals surface area contributed by atoms with E-state index in [0.717, 1.165) is 0 Å². The molecule has 0 aliphatic carbocycles. The average Bonchev–Trinajstić information content (AvgIpc) is 1.87. The Bertz CT molecular complexity index is 164. The highest BCUT2D eigenvalue weighted by atomic mass is 31.1. The van der Waals surface area contributed by atoms with Crippen molar-refractivity contribution >= 4 is 14.0 Å². The first-order valence-corrected chi connectivity index (χ1v) is 4.08. The number of quaternary nitrogens is 1. The third kappa shape index (κ3) is 3.50. The summed E-state index contributed by atoms with van der Waals surface area (Å²) in [4.78, 5) is 0. The summed E-state index contributed by atoms with van der Waals surface area (Å²) in [5.74, 6) is 0.389. The SMILES string of the molecule is CO[P+](=O)C[N+](C)=C(N)[NH3+]. The Kier molecular flexibility index (Phi) is 4.11. The van der Waals surface area contributed by atoms with Gasteiger partial charge in [-0.05, 0) is 4.57 Å². The van der Waals surface area contributed by atoms with Crippen molar-refractivity contribution in [3.63, 3.8) is 0 Å². The summed E-state index contributed by atoms with van der Waals surface area (Å²) in [6, 6.07) is 0. The minimum absolute atomic E-state index is 0.293. The zero-order chi connectivity index (χ0) is 8.15. The number of nitrogens with zero attached hydrogens (tertiary/aromatic N) is 1. The van der Waals surface area contributed by atoms with Crippen molar-refractivity contribution < 1.29 is 19.4 Å². The first-order valence-electron chi connectivity index (χ1n) is 2.72. The van der Waals surface area contributed by atoms with Gasteiger partial charge in [-0.1, -0.05) is 0 Å². The van der Waals surface area contributed by atoms with E-state index in [1.807, 2.05) is 0 Å². The van der Waals surface area contributed by atoms with Gasteiger partial charge in [0.05, 0.1) is 14.2 Å². The normalized spacial score (nSPS) is 14.5. The minimum atomic E-state index is -1.62. The van der Waals surface area contributed by atoms with Crippen LogP contribution < -0.4 is 11.5 Å². The van der Waals surface area contributed by atoms with Crippen LogP contribution in [0.3, 0.4) is 0 Å². The van der Waals surface area contributed by atoms with Crippen molar-refractivity contribution in [3.8, 4) is 0 Å². The minimum Gasteiger partial charge on any atom is -0.254 e. The second-order valence-electron chi connectivity index (χ2n) is 1.85. The van der Waals surface area contributed by atoms with E-state index in [9.17, 15) is 4.57 Å². The molecule has 1 unspecified atom stereocenters. The molecule has 0 aromatic heterocycles. The van der Waals surface area contributed by atoms with Gasteiger partial charge in [0.2, 0.25) is 0 Å². The molecule has 5 N–H and O–H groups in total. The molecule has 0 heterocycles. The van der Waals surface area contributed by atoms with Gasteiger partial charge >= 0.3 is 20.3 Å². The predicted octanol–water partition coefficient (Wildman–Crippen LogP) is -1.47. The third-order valence-electron chi connectivity index (χ3n) is 1.02. The monoisotopic (exact) mass is 166 g/mol. The Labute approximate surface area is 60.5 Å². The summed E-state index contributed by atoms with van der Waals surface area (Å²) in [5, 5.41) is 0. The first kappa shape index (κ1) is 9.49. The molecule has 0 aliphatic rings. The number of hydrogen-bond acceptors (Lipinski definition) is 2. The van der Waals surface area contributed by atoms with E-state index < -0.39 is 8.03 Å². The molecule has 5 nitrogen and oxygen atoms in total. The standard InChI is InChI=1S/C4H11N3O2P/c1-7(4(5)6)3-10(8)9-2/h3H2,1-2H3,(H3,5,6)/q+1/p+2. The number of rotatable bonds is 3. The zero-order valence-electron chi connectivity index (χ0n) is 6.20. The molecule has 0 rings (SSSR count). The average molecular weight is 166 g/mol. The summed E-state index contributed by atoms with van der Waals surface area (Å²) in [7, 11) is 1.48. The van der Waals surface area contributed by atoms with Crippen LogP contribution in [0.4, 0.5) is 0 Å². The van der Waals surface area contributed by atoms with Gasteiger partial charge in [0.25, 0.3) is 0 Å². The number of guanidine groups is 1. The molecule has 0 aliphatic heterocycles. The molecule has 0 bridgehead atoms. The van der Waals surface area contributed by atoms with Crippen molar-refractivity contribution in [3.05, 3.63) is 0 Å². The van der Waals surface area contributed by atoms with Crippen molar-refractivity contribution in [1.29, 1.82) is 0 Å². The Morgan fingerprint density at radius 1 is 1.90 bits per heavy atom. The molecule has 10 heavy (non-hydrogen) atoms. The van der Waals surface area contributed by atoms with Crippen molar-refractivity contribution in [2.24, 2.45) is 5.73 Å². The zero-order valence-corrected chi connectivity index (χ0v) is 7.10. The van der Waals surface area contributed by atoms with Crippen LogP contribution in [-0.4, -0.2) is 31.0 Å². The van der Waals surface area contributed by atoms with Crippen LogP contribution in [0.2, 0.25) is 0 Å². The lowest BCUT2D eigenvalue weighted by Crippen LogP contribution is -2.65. The van der Waals surface area contributed by atoms with E-state index in [1.165, 1.54) is 7.11 Å². The molecule has 58 valence electrons. The molecule has 6 heteroatoms. The van der Waals surface area contributed by atoms with Crippen LogP contribution in [0.5, 0.6) is 0 Å². The third-order valence-corrected chi connectivity index (χ3v) is 2.08. The Hall–Kier alpha value is -0.510. The summed E-state index contributed by atoms with van der Waals surface area (Å²) >= 11 is 0. The summed E-state index contributed by atoms with van der Waals surface area (Å²) < 4.78 is 16.8. The molecule has 0 saturated carbocycles. The highest BCUT2D eigenvalue weighted by Gasteiger charge is 2.20. The van der Waals surface area contributed by atoms with Gasteiger partial charge in [-0.2, -0.15) is 4.58 Å². The second-order valence-corrected chi connectivity index (χ2v) is 3.16. The summed E-state index contributed by atoms with van der Waals surface area (Å²) in [5.41, 5.74) is 8.75. The molecule has 0 saturated heterocycles. The number of hydrogen-bond donors (Lipinski definition) is 2. The van der Waals surface area contributed by atoms with Gasteiger partial charge in [0.1, 0.15) is 0 Å². The van der Waals surface area contributed by atoms with Crippen LogP contribution in [-0.2, 0) is 9.09 Å². The molecule has 0 aromatic carbocycles. The van der Waals surface area contributed by atoms with Crippen LogP contribution >= 0.6 is 8.03 Å². The van der Waals surface area contributed by atoms with Crippen molar-refractivity contribution in [2.45, 2.75) is 0 Å². The fourth-order valence-electron chi connectivity index (χ4n) is 0.322. The highest BCUT2D eigenvalue weighted by Crippen LogP contribution is 2.18. The van der Waals surface area contributed by atoms with Gasteiger partial charge in [0, 0.05) is 0 Å². The quantitative estimate of drug-likeness (QED) is 0.232. The van der Waals surface area contributed by atoms with E-state index in [1.54, 1.807) is 11.6 Å². The summed E-state index contributed by atoms with van der Waals surface area (Å²) in [6.07, 6.45) is 0.293. The largest absolute Gasteiger partial charge is 0.554 e. The molecule has 1 atom stereocenters. The lowest BCUT2D eigenvalue weighted by atomic mass is 10.9. The van der Waals surface area contributed by atoms with E-state index in [4.69, 9.17) is 5.73 Å². The lowest BCUT2D eigenvalue weighted by Gasteiger charge is -1.86. The van der Waals surface area contributed by atoms with Crippen LogP contribution in [0.1, 0.15) is 0 Å². The summed E-state index contributed by atoms with van der Waals surface area (Å²) in [6.45, 7) is 0. The topological polar surface area (TPSA) is 83.0 Å². The molecule has 0 spiro atoms. The van der Waals surface area contributed by atoms with Gasteiger partial charge in [-0.25, -0.2) is 5.73 Å². The fourth-order valence-corrected chi connectivity index (χ4v) is 0.965. The Balaban J connectivity index is 3.92. The second kappa shape index (κ2) is 4.33. The van der Waals surface area contributed by atoms with Crippen molar-refractivity contribution in [1.82, 2.24) is 0 Å². The van der Waals surface area contributed by atoms with Crippen LogP contribution in [0.25, 0.3) is 0 Å². The first-order chi connectivity index (χ1) is 4.57. The van der Waals surface area contributed by atoms with E-state index in [2.05, 4.69) is 10.3 Å². The number of nitrogens with two attached hydrogens (primary N) is 1. The molecular formula is C4H13N3O2P+3. The highest BCUT2D eigenvalue weighted by molar-refractivity contribution is 7.38. The van der Waals surface area contributed by atoms with E-state index >= 15 is 0 Å². The van der Waals surface area contributed by atoms with E-state index in [-0.39, 0.29) is 0 Å². The molecule has 0 aromatic rings. The van der Waals surface area contributed by atoms with Crippen LogP contribution in [0.15, 0.2) is 0 Å². The van der Waals surface area contributed by atoms with Crippen molar-refractivity contribution in [2.75, 3.05) is 20.4 Å². The van der Waals surface area contributed by atoms with Gasteiger partial charge in [-0.15, -0.1) is 4.52 Å². The molecule has 0 amide bonds. The maximum absolute atomic E-state index is 10.7. The van der Waals surface area contributed by atoms with Gasteiger partial charge < -0.3 is 0 Å². The van der Waals surface area contributed by atoms with Gasteiger partial charge in [0.15, 0.2) is 0 Å². The predicted molar refractivity (Wildman–Crippen MR) is 37.7 cm³/mol. The van der Waals surface area contributed by atoms with E-state index in [0.29, 0.717) is 12.2 Å². The smallest absolute Gasteiger partial charge is 0.254 e. The van der Waals surface area contributed by atoms with Gasteiger partial charge in [-0.3, -0.25) is 5.73 Å². The lowest BCUT2D eigenvalue weighted by molar-refractivity contribution is -0.520. The molecular weight excluding hydrogens is 153 g/mol. The molecule has 0 radical (unpaired) electrons. The fraction of sp³-hybridized carbons (Fsp3) is 0.750. The Morgan fingerprint density at radius 3 is 2.70 bits per heavy atom. The van der Waals surface area contributed by atoms with Crippen LogP contribution in [0, 0.1) is 0 Å². The maximum atomic E-state index is 10.7. The molecule has 0 fully saturated rings. The maximum Gasteiger partial charge on any atom is 0.554 e.